The highest BCUT2D eigenvalue weighted by atomic mass is 32.7. The van der Waals surface area contributed by atoms with Gasteiger partial charge in [0.2, 0.25) is 11.8 Å². The maximum atomic E-state index is 16.0. The molecule has 2 aliphatic rings. The molecule has 238 valence electrons. The van der Waals surface area contributed by atoms with Gasteiger partial charge in [-0.3, -0.25) is 24.0 Å². The van der Waals surface area contributed by atoms with Gasteiger partial charge in [0.15, 0.2) is 23.1 Å². The number of carbonyl (C=O) groups is 3. The molecule has 0 spiro atoms. The first-order chi connectivity index (χ1) is 20.1. The number of aromatic nitrogens is 4. The molecule has 2 aromatic rings. The molecule has 20 heteroatoms. The lowest BCUT2D eigenvalue weighted by atomic mass is 9.98. The number of aliphatic hydroxyl groups excluding tert-OH is 1. The second kappa shape index (κ2) is 12.9. The molecule has 3 unspecified atom stereocenters. The van der Waals surface area contributed by atoms with Crippen LogP contribution in [-0.2, 0) is 28.2 Å². The number of esters is 1. The van der Waals surface area contributed by atoms with E-state index in [0.29, 0.717) is 11.4 Å². The molecule has 2 aromatic heterocycles. The van der Waals surface area contributed by atoms with Gasteiger partial charge in [0.25, 0.3) is 5.91 Å². The molecule has 43 heavy (non-hydrogen) atoms. The number of nitrogens with two attached hydrogens (primary N) is 1. The number of urea groups is 1. The van der Waals surface area contributed by atoms with Gasteiger partial charge in [-0.15, -0.1) is 0 Å². The Balaban J connectivity index is 1.53. The fraction of sp³-hybridized carbons (Fsp3) is 0.652. The van der Waals surface area contributed by atoms with E-state index < -0.39 is 73.5 Å². The summed E-state index contributed by atoms with van der Waals surface area (Å²) < 4.78 is 53.3. The molecule has 7 atom stereocenters. The van der Waals surface area contributed by atoms with Crippen LogP contribution in [0.5, 0.6) is 5.88 Å². The number of hydrogen-bond donors (Lipinski definition) is 5. The Labute approximate surface area is 249 Å². The van der Waals surface area contributed by atoms with Gasteiger partial charge in [-0.25, -0.2) is 19.3 Å². The first-order valence-corrected chi connectivity index (χ1v) is 16.5. The van der Waals surface area contributed by atoms with Crippen molar-refractivity contribution in [3.05, 3.63) is 6.33 Å². The van der Waals surface area contributed by atoms with Crippen molar-refractivity contribution in [2.75, 3.05) is 24.7 Å². The van der Waals surface area contributed by atoms with Crippen LogP contribution in [0, 0.1) is 0 Å². The SMILES string of the molecule is CCOc1nc(N)nc2c1ncn2[C@@H]1O[C@H](COP(=O)(N[C@@H](C)C(=O)OC(C)C)SCC2NC(=O)NC2=O)[C@@H](O)C1(C)F. The molecule has 0 radical (unpaired) electrons. The van der Waals surface area contributed by atoms with Crippen molar-refractivity contribution in [2.24, 2.45) is 0 Å². The van der Waals surface area contributed by atoms with Crippen LogP contribution in [0.25, 0.3) is 11.2 Å². The molecule has 0 aliphatic carbocycles. The van der Waals surface area contributed by atoms with Gasteiger partial charge in [-0.2, -0.15) is 9.97 Å². The third-order valence-corrected chi connectivity index (χ3v) is 10.5. The first-order valence-electron chi connectivity index (χ1n) is 13.3. The molecule has 2 fully saturated rings. The summed E-state index contributed by atoms with van der Waals surface area (Å²) in [6.45, 7) is 3.10. The van der Waals surface area contributed by atoms with E-state index >= 15 is 4.39 Å². The maximum Gasteiger partial charge on any atom is 0.327 e. The Morgan fingerprint density at radius 3 is 2.72 bits per heavy atom. The quantitative estimate of drug-likeness (QED) is 0.115. The number of halogens is 1. The summed E-state index contributed by atoms with van der Waals surface area (Å²) >= 11 is 0.632. The standard InChI is InChI=1S/C23H34FN8O9PS/c1-6-38-18-14-16(28-21(25)30-18)32(9-26-14)20-23(5,24)15(33)13(41-20)7-39-42(37,31-11(4)19(35)40-10(2)3)43-8-12-17(34)29-22(36)27-12/h9-13,15,20,33H,6-8H2,1-5H3,(H,31,37)(H2,25,28,30)(H2,27,29,34,36)/t11-,12?,13+,15+,20+,23?,42?/m0/s1. The number of nitrogen functional groups attached to an aromatic ring is 1. The monoisotopic (exact) mass is 648 g/mol. The number of alkyl halides is 1. The Morgan fingerprint density at radius 1 is 1.37 bits per heavy atom. The number of anilines is 1. The van der Waals surface area contributed by atoms with Crippen molar-refractivity contribution < 1.29 is 47.2 Å². The van der Waals surface area contributed by atoms with Crippen LogP contribution in [0.3, 0.4) is 0 Å². The Bertz CT molecular complexity index is 1430. The largest absolute Gasteiger partial charge is 0.476 e. The average molecular weight is 649 g/mol. The number of carbonyl (C=O) groups excluding carboxylic acids is 3. The minimum Gasteiger partial charge on any atom is -0.476 e. The van der Waals surface area contributed by atoms with E-state index in [0.717, 1.165) is 6.92 Å². The maximum absolute atomic E-state index is 16.0. The van der Waals surface area contributed by atoms with Crippen molar-refractivity contribution in [2.45, 2.75) is 76.9 Å². The molecule has 0 saturated carbocycles. The predicted octanol–water partition coefficient (Wildman–Crippen LogP) is 0.789. The fourth-order valence-corrected chi connectivity index (χ4v) is 8.19. The number of ether oxygens (including phenoxy) is 3. The lowest BCUT2D eigenvalue weighted by Crippen LogP contribution is -2.41. The Morgan fingerprint density at radius 2 is 2.09 bits per heavy atom. The summed E-state index contributed by atoms with van der Waals surface area (Å²) in [6, 6.07) is -2.86. The van der Waals surface area contributed by atoms with Crippen LogP contribution < -0.4 is 26.2 Å². The zero-order valence-corrected chi connectivity index (χ0v) is 25.7. The average Bonchev–Trinajstić information content (AvgIpc) is 3.54. The molecule has 0 bridgehead atoms. The van der Waals surface area contributed by atoms with Crippen LogP contribution in [0.15, 0.2) is 6.33 Å². The third-order valence-electron chi connectivity index (χ3n) is 6.39. The molecule has 4 heterocycles. The molecule has 17 nitrogen and oxygen atoms in total. The molecular formula is C23H34FN8O9PS. The Hall–Kier alpha value is -3.09. The van der Waals surface area contributed by atoms with Crippen molar-refractivity contribution in [1.29, 1.82) is 0 Å². The smallest absolute Gasteiger partial charge is 0.327 e. The Kier molecular flexibility index (Phi) is 9.82. The van der Waals surface area contributed by atoms with Crippen molar-refractivity contribution in [3.63, 3.8) is 0 Å². The van der Waals surface area contributed by atoms with Crippen LogP contribution in [0.2, 0.25) is 0 Å². The van der Waals surface area contributed by atoms with Gasteiger partial charge < -0.3 is 34.9 Å². The van der Waals surface area contributed by atoms with E-state index in [2.05, 4.69) is 30.7 Å². The van der Waals surface area contributed by atoms with Gasteiger partial charge in [0, 0.05) is 5.75 Å². The van der Waals surface area contributed by atoms with Gasteiger partial charge in [0.05, 0.1) is 25.6 Å². The van der Waals surface area contributed by atoms with Gasteiger partial charge in [0.1, 0.15) is 24.3 Å². The minimum absolute atomic E-state index is 0.0871. The molecular weight excluding hydrogens is 614 g/mol. The van der Waals surface area contributed by atoms with E-state index in [1.807, 2.05) is 0 Å². The molecule has 2 saturated heterocycles. The number of nitrogens with one attached hydrogen (secondary N) is 3. The summed E-state index contributed by atoms with van der Waals surface area (Å²) in [4.78, 5) is 48.2. The number of nitrogens with zero attached hydrogens (tertiary/aromatic N) is 4. The van der Waals surface area contributed by atoms with Crippen LogP contribution in [-0.4, -0.2) is 97.6 Å². The lowest BCUT2D eigenvalue weighted by Gasteiger charge is -2.25. The number of hydrogen-bond acceptors (Lipinski definition) is 14. The van der Waals surface area contributed by atoms with Crippen molar-refractivity contribution in [1.82, 2.24) is 35.2 Å². The van der Waals surface area contributed by atoms with Crippen LogP contribution in [0.1, 0.15) is 40.8 Å². The van der Waals surface area contributed by atoms with E-state index in [1.54, 1.807) is 20.8 Å². The summed E-state index contributed by atoms with van der Waals surface area (Å²) in [5.41, 5.74) is 3.68. The lowest BCUT2D eigenvalue weighted by molar-refractivity contribution is -0.149. The van der Waals surface area contributed by atoms with Gasteiger partial charge in [-0.1, -0.05) is 11.4 Å². The molecule has 3 amide bonds. The molecule has 6 N–H and O–H groups in total. The highest BCUT2D eigenvalue weighted by molar-refractivity contribution is 8.56. The van der Waals surface area contributed by atoms with E-state index in [1.165, 1.54) is 17.8 Å². The number of fused-ring (bicyclic) bond motifs is 1. The van der Waals surface area contributed by atoms with Gasteiger partial charge >= 0.3 is 18.7 Å². The second-order valence-corrected chi connectivity index (χ2v) is 14.5. The second-order valence-electron chi connectivity index (χ2n) is 10.2. The highest BCUT2D eigenvalue weighted by Gasteiger charge is 2.56. The molecule has 2 aliphatic heterocycles. The van der Waals surface area contributed by atoms with Crippen LogP contribution in [0.4, 0.5) is 15.1 Å². The van der Waals surface area contributed by atoms with Crippen molar-refractivity contribution >= 4 is 53.1 Å². The summed E-state index contributed by atoms with van der Waals surface area (Å²) in [7, 11) is 0. The van der Waals surface area contributed by atoms with E-state index in [4.69, 9.17) is 24.5 Å². The number of imidazole rings is 1. The highest BCUT2D eigenvalue weighted by Crippen LogP contribution is 2.57. The zero-order valence-electron chi connectivity index (χ0n) is 24.0. The number of imide groups is 1. The van der Waals surface area contributed by atoms with Gasteiger partial charge in [-0.05, 0) is 34.6 Å². The molecule has 0 aromatic carbocycles. The summed E-state index contributed by atoms with van der Waals surface area (Å²) in [6.07, 6.45) is -3.81. The topological polar surface area (TPSA) is 231 Å². The summed E-state index contributed by atoms with van der Waals surface area (Å²) in [5, 5.41) is 17.9. The van der Waals surface area contributed by atoms with Crippen molar-refractivity contribution in [3.8, 4) is 5.88 Å². The summed E-state index contributed by atoms with van der Waals surface area (Å²) in [5.74, 6) is -1.62. The minimum atomic E-state index is -4.08. The third kappa shape index (κ3) is 7.18. The number of amides is 3. The van der Waals surface area contributed by atoms with Crippen LogP contribution >= 0.6 is 18.1 Å². The van der Waals surface area contributed by atoms with E-state index in [9.17, 15) is 24.1 Å². The fourth-order valence-electron chi connectivity index (χ4n) is 4.32. The van der Waals surface area contributed by atoms with E-state index in [-0.39, 0.29) is 35.4 Å². The predicted molar refractivity (Wildman–Crippen MR) is 151 cm³/mol. The first kappa shape index (κ1) is 32.8. The number of rotatable bonds is 13. The zero-order chi connectivity index (χ0) is 31.7. The normalized spacial score (nSPS) is 27.6. The number of aliphatic hydroxyl groups is 1. The molecule has 4 rings (SSSR count).